The second kappa shape index (κ2) is 6.36. The van der Waals surface area contributed by atoms with Crippen molar-refractivity contribution in [1.29, 1.82) is 0 Å². The molecule has 1 aromatic rings. The third-order valence-corrected chi connectivity index (χ3v) is 3.04. The fraction of sp³-hybridized carbons (Fsp3) is 0.500. The predicted octanol–water partition coefficient (Wildman–Crippen LogP) is 0.910. The van der Waals surface area contributed by atoms with Crippen LogP contribution in [0.25, 0.3) is 0 Å². The third-order valence-electron chi connectivity index (χ3n) is 3.04. The SMILES string of the molecule is CCNc1ccnc(C(=O)NC(C)C(=O)NC2CC2)c1. The van der Waals surface area contributed by atoms with Gasteiger partial charge < -0.3 is 16.0 Å². The molecule has 0 radical (unpaired) electrons. The first-order chi connectivity index (χ1) is 9.60. The summed E-state index contributed by atoms with van der Waals surface area (Å²) in [4.78, 5) is 27.8. The Morgan fingerprint density at radius 1 is 1.45 bits per heavy atom. The number of carbonyl (C=O) groups excluding carboxylic acids is 2. The van der Waals surface area contributed by atoms with E-state index in [-0.39, 0.29) is 17.9 Å². The molecule has 0 aliphatic heterocycles. The van der Waals surface area contributed by atoms with Gasteiger partial charge in [-0.05, 0) is 38.8 Å². The molecule has 0 bridgehead atoms. The molecule has 108 valence electrons. The number of hydrogen-bond acceptors (Lipinski definition) is 4. The van der Waals surface area contributed by atoms with Crippen LogP contribution in [0.4, 0.5) is 5.69 Å². The number of amides is 2. The van der Waals surface area contributed by atoms with Crippen LogP contribution >= 0.6 is 0 Å². The van der Waals surface area contributed by atoms with Crippen LogP contribution in [0.15, 0.2) is 18.3 Å². The number of rotatable bonds is 6. The standard InChI is InChI=1S/C14H20N4O2/c1-3-15-11-6-7-16-12(8-11)14(20)17-9(2)13(19)18-10-4-5-10/h6-10H,3-5H2,1-2H3,(H,15,16)(H,17,20)(H,18,19). The molecule has 1 unspecified atom stereocenters. The largest absolute Gasteiger partial charge is 0.385 e. The Labute approximate surface area is 118 Å². The molecular formula is C14H20N4O2. The Balaban J connectivity index is 1.92. The van der Waals surface area contributed by atoms with Gasteiger partial charge in [0, 0.05) is 24.5 Å². The summed E-state index contributed by atoms with van der Waals surface area (Å²) in [5.74, 6) is -0.494. The highest BCUT2D eigenvalue weighted by atomic mass is 16.2. The Morgan fingerprint density at radius 3 is 2.85 bits per heavy atom. The van der Waals surface area contributed by atoms with E-state index in [1.165, 1.54) is 0 Å². The first-order valence-corrected chi connectivity index (χ1v) is 6.91. The Morgan fingerprint density at radius 2 is 2.20 bits per heavy atom. The second-order valence-electron chi connectivity index (χ2n) is 4.94. The highest BCUT2D eigenvalue weighted by Gasteiger charge is 2.26. The van der Waals surface area contributed by atoms with Crippen LogP contribution in [0, 0.1) is 0 Å². The van der Waals surface area contributed by atoms with Crippen LogP contribution in [0.5, 0.6) is 0 Å². The molecule has 1 atom stereocenters. The summed E-state index contributed by atoms with van der Waals surface area (Å²) in [6, 6.07) is 3.19. The summed E-state index contributed by atoms with van der Waals surface area (Å²) in [5.41, 5.74) is 1.14. The van der Waals surface area contributed by atoms with E-state index in [0.717, 1.165) is 25.1 Å². The molecule has 1 aliphatic carbocycles. The van der Waals surface area contributed by atoms with E-state index < -0.39 is 6.04 Å². The van der Waals surface area contributed by atoms with Gasteiger partial charge in [-0.25, -0.2) is 0 Å². The second-order valence-corrected chi connectivity index (χ2v) is 4.94. The van der Waals surface area contributed by atoms with Crippen LogP contribution in [-0.2, 0) is 4.79 Å². The fourth-order valence-electron chi connectivity index (χ4n) is 1.76. The lowest BCUT2D eigenvalue weighted by Gasteiger charge is -2.13. The highest BCUT2D eigenvalue weighted by Crippen LogP contribution is 2.18. The lowest BCUT2D eigenvalue weighted by molar-refractivity contribution is -0.122. The number of hydrogen-bond donors (Lipinski definition) is 3. The predicted molar refractivity (Wildman–Crippen MR) is 76.5 cm³/mol. The van der Waals surface area contributed by atoms with Crippen LogP contribution in [-0.4, -0.2) is 35.4 Å². The van der Waals surface area contributed by atoms with E-state index >= 15 is 0 Å². The molecular weight excluding hydrogens is 256 g/mol. The van der Waals surface area contributed by atoms with Gasteiger partial charge in [0.05, 0.1) is 0 Å². The van der Waals surface area contributed by atoms with Crippen molar-refractivity contribution in [2.75, 3.05) is 11.9 Å². The maximum atomic E-state index is 12.0. The molecule has 1 fully saturated rings. The molecule has 2 rings (SSSR count). The van der Waals surface area contributed by atoms with Crippen molar-refractivity contribution in [3.8, 4) is 0 Å². The molecule has 0 spiro atoms. The Bertz CT molecular complexity index is 500. The topological polar surface area (TPSA) is 83.1 Å². The van der Waals surface area contributed by atoms with Gasteiger partial charge in [0.1, 0.15) is 11.7 Å². The van der Waals surface area contributed by atoms with Gasteiger partial charge in [-0.1, -0.05) is 0 Å². The average Bonchev–Trinajstić information content (AvgIpc) is 3.23. The molecule has 2 amide bonds. The quantitative estimate of drug-likeness (QED) is 0.721. The van der Waals surface area contributed by atoms with Gasteiger partial charge in [-0.15, -0.1) is 0 Å². The minimum absolute atomic E-state index is 0.149. The molecule has 6 nitrogen and oxygen atoms in total. The van der Waals surface area contributed by atoms with E-state index in [4.69, 9.17) is 0 Å². The smallest absolute Gasteiger partial charge is 0.270 e. The molecule has 0 saturated heterocycles. The minimum atomic E-state index is -0.562. The summed E-state index contributed by atoms with van der Waals surface area (Å²) >= 11 is 0. The maximum Gasteiger partial charge on any atom is 0.270 e. The number of carbonyl (C=O) groups is 2. The van der Waals surface area contributed by atoms with Gasteiger partial charge in [0.2, 0.25) is 5.91 Å². The molecule has 1 aromatic heterocycles. The van der Waals surface area contributed by atoms with E-state index in [1.54, 1.807) is 25.3 Å². The van der Waals surface area contributed by atoms with Crippen LogP contribution in [0.2, 0.25) is 0 Å². The van der Waals surface area contributed by atoms with Crippen LogP contribution in [0.3, 0.4) is 0 Å². The lowest BCUT2D eigenvalue weighted by atomic mass is 10.2. The van der Waals surface area contributed by atoms with Gasteiger partial charge in [0.25, 0.3) is 5.91 Å². The molecule has 1 heterocycles. The van der Waals surface area contributed by atoms with Gasteiger partial charge >= 0.3 is 0 Å². The normalized spacial score (nSPS) is 15.3. The van der Waals surface area contributed by atoms with E-state index in [0.29, 0.717) is 5.69 Å². The average molecular weight is 276 g/mol. The van der Waals surface area contributed by atoms with Crippen LogP contribution < -0.4 is 16.0 Å². The third kappa shape index (κ3) is 3.94. The van der Waals surface area contributed by atoms with Gasteiger partial charge in [-0.2, -0.15) is 0 Å². The van der Waals surface area contributed by atoms with Gasteiger partial charge in [0.15, 0.2) is 0 Å². The maximum absolute atomic E-state index is 12.0. The summed E-state index contributed by atoms with van der Waals surface area (Å²) in [6.45, 7) is 4.42. The van der Waals surface area contributed by atoms with Crippen molar-refractivity contribution in [2.24, 2.45) is 0 Å². The van der Waals surface area contributed by atoms with Crippen molar-refractivity contribution < 1.29 is 9.59 Å². The number of aromatic nitrogens is 1. The van der Waals surface area contributed by atoms with Crippen molar-refractivity contribution in [1.82, 2.24) is 15.6 Å². The zero-order valence-corrected chi connectivity index (χ0v) is 11.8. The Hall–Kier alpha value is -2.11. The zero-order chi connectivity index (χ0) is 14.5. The summed E-state index contributed by atoms with van der Waals surface area (Å²) in [7, 11) is 0. The van der Waals surface area contributed by atoms with Crippen molar-refractivity contribution in [3.63, 3.8) is 0 Å². The van der Waals surface area contributed by atoms with E-state index in [9.17, 15) is 9.59 Å². The summed E-state index contributed by atoms with van der Waals surface area (Å²) in [5, 5.41) is 8.63. The molecule has 6 heteroatoms. The number of nitrogens with one attached hydrogen (secondary N) is 3. The molecule has 1 saturated carbocycles. The van der Waals surface area contributed by atoms with E-state index in [1.807, 2.05) is 6.92 Å². The lowest BCUT2D eigenvalue weighted by Crippen LogP contribution is -2.45. The monoisotopic (exact) mass is 276 g/mol. The summed E-state index contributed by atoms with van der Waals surface area (Å²) in [6.07, 6.45) is 3.62. The number of nitrogens with zero attached hydrogens (tertiary/aromatic N) is 1. The molecule has 0 aromatic carbocycles. The van der Waals surface area contributed by atoms with Crippen molar-refractivity contribution in [3.05, 3.63) is 24.0 Å². The molecule has 20 heavy (non-hydrogen) atoms. The van der Waals surface area contributed by atoms with Crippen LogP contribution in [0.1, 0.15) is 37.2 Å². The minimum Gasteiger partial charge on any atom is -0.385 e. The summed E-state index contributed by atoms with van der Waals surface area (Å²) < 4.78 is 0. The molecule has 1 aliphatic rings. The first-order valence-electron chi connectivity index (χ1n) is 6.91. The zero-order valence-electron chi connectivity index (χ0n) is 11.8. The fourth-order valence-corrected chi connectivity index (χ4v) is 1.76. The molecule has 3 N–H and O–H groups in total. The van der Waals surface area contributed by atoms with E-state index in [2.05, 4.69) is 20.9 Å². The van der Waals surface area contributed by atoms with Gasteiger partial charge in [-0.3, -0.25) is 14.6 Å². The van der Waals surface area contributed by atoms with Crippen molar-refractivity contribution >= 4 is 17.5 Å². The number of anilines is 1. The first kappa shape index (κ1) is 14.3. The number of pyridine rings is 1. The Kier molecular flexibility index (Phi) is 4.55. The van der Waals surface area contributed by atoms with Crippen molar-refractivity contribution in [2.45, 2.75) is 38.8 Å². The highest BCUT2D eigenvalue weighted by molar-refractivity contribution is 5.96.